The van der Waals surface area contributed by atoms with Gasteiger partial charge in [-0.1, -0.05) is 31.2 Å². The maximum absolute atomic E-state index is 4.35. The molecule has 132 valence electrons. The predicted molar refractivity (Wildman–Crippen MR) is 102 cm³/mol. The van der Waals surface area contributed by atoms with Crippen molar-refractivity contribution in [3.05, 3.63) is 35.4 Å². The fourth-order valence-electron chi connectivity index (χ4n) is 3.78. The number of nitrogens with one attached hydrogen (secondary N) is 2. The van der Waals surface area contributed by atoms with Crippen LogP contribution in [0, 0.1) is 5.92 Å². The van der Waals surface area contributed by atoms with Crippen molar-refractivity contribution in [1.82, 2.24) is 15.5 Å². The molecule has 0 bridgehead atoms. The SMILES string of the molecule is CN=C(NCCCN1CCC(C)CC1)NCC1Cc2ccccc21. The average Bonchev–Trinajstić information content (AvgIpc) is 2.59. The van der Waals surface area contributed by atoms with Crippen molar-refractivity contribution < 1.29 is 0 Å². The molecule has 1 aliphatic carbocycles. The van der Waals surface area contributed by atoms with Crippen LogP contribution in [0.15, 0.2) is 29.3 Å². The Labute approximate surface area is 146 Å². The Bertz CT molecular complexity index is 546. The Morgan fingerprint density at radius 2 is 2.00 bits per heavy atom. The Balaban J connectivity index is 1.30. The van der Waals surface area contributed by atoms with Gasteiger partial charge in [-0.25, -0.2) is 0 Å². The smallest absolute Gasteiger partial charge is 0.190 e. The summed E-state index contributed by atoms with van der Waals surface area (Å²) in [6.07, 6.45) is 5.09. The molecule has 0 amide bonds. The van der Waals surface area contributed by atoms with Gasteiger partial charge in [0.15, 0.2) is 5.96 Å². The van der Waals surface area contributed by atoms with Crippen LogP contribution in [0.2, 0.25) is 0 Å². The minimum absolute atomic E-state index is 0.634. The molecule has 2 N–H and O–H groups in total. The molecule has 4 nitrogen and oxygen atoms in total. The first-order valence-electron chi connectivity index (χ1n) is 9.51. The molecule has 0 aromatic heterocycles. The van der Waals surface area contributed by atoms with Gasteiger partial charge in [0, 0.05) is 26.1 Å². The van der Waals surface area contributed by atoms with Crippen LogP contribution in [-0.4, -0.2) is 50.6 Å². The third-order valence-corrected chi connectivity index (χ3v) is 5.52. The van der Waals surface area contributed by atoms with Crippen LogP contribution in [-0.2, 0) is 6.42 Å². The number of piperidine rings is 1. The van der Waals surface area contributed by atoms with Gasteiger partial charge in [0.05, 0.1) is 0 Å². The van der Waals surface area contributed by atoms with Crippen molar-refractivity contribution in [2.45, 2.75) is 38.5 Å². The molecule has 1 atom stereocenters. The Morgan fingerprint density at radius 3 is 2.75 bits per heavy atom. The molecule has 4 heteroatoms. The van der Waals surface area contributed by atoms with Gasteiger partial charge >= 0.3 is 0 Å². The van der Waals surface area contributed by atoms with E-state index in [1.165, 1.54) is 56.4 Å². The third kappa shape index (κ3) is 4.50. The number of hydrogen-bond donors (Lipinski definition) is 2. The summed E-state index contributed by atoms with van der Waals surface area (Å²) in [5.74, 6) is 2.49. The highest BCUT2D eigenvalue weighted by atomic mass is 15.2. The fraction of sp³-hybridized carbons (Fsp3) is 0.650. The predicted octanol–water partition coefficient (Wildman–Crippen LogP) is 2.61. The zero-order valence-electron chi connectivity index (χ0n) is 15.2. The Morgan fingerprint density at radius 1 is 1.21 bits per heavy atom. The molecule has 1 aromatic rings. The maximum Gasteiger partial charge on any atom is 0.190 e. The van der Waals surface area contributed by atoms with E-state index in [0.717, 1.165) is 25.0 Å². The van der Waals surface area contributed by atoms with Gasteiger partial charge in [0.1, 0.15) is 0 Å². The van der Waals surface area contributed by atoms with Crippen molar-refractivity contribution in [3.8, 4) is 0 Å². The molecule has 1 fully saturated rings. The van der Waals surface area contributed by atoms with Crippen LogP contribution in [0.3, 0.4) is 0 Å². The lowest BCUT2D eigenvalue weighted by molar-refractivity contribution is 0.191. The number of likely N-dealkylation sites (tertiary alicyclic amines) is 1. The van der Waals surface area contributed by atoms with Gasteiger partial charge in [-0.05, 0) is 62.4 Å². The molecular formula is C20H32N4. The maximum atomic E-state index is 4.35. The number of nitrogens with zero attached hydrogens (tertiary/aromatic N) is 2. The average molecular weight is 329 g/mol. The topological polar surface area (TPSA) is 39.7 Å². The highest BCUT2D eigenvalue weighted by Crippen LogP contribution is 2.33. The largest absolute Gasteiger partial charge is 0.356 e. The summed E-state index contributed by atoms with van der Waals surface area (Å²) >= 11 is 0. The van der Waals surface area contributed by atoms with E-state index >= 15 is 0 Å². The molecule has 1 heterocycles. The van der Waals surface area contributed by atoms with Gasteiger partial charge in [-0.2, -0.15) is 0 Å². The number of benzene rings is 1. The van der Waals surface area contributed by atoms with E-state index in [0.29, 0.717) is 5.92 Å². The standard InChI is InChI=1S/C20H32N4/c1-16-8-12-24(13-9-16)11-5-10-22-20(21-2)23-15-18-14-17-6-3-4-7-19(17)18/h3-4,6-7,16,18H,5,8-15H2,1-2H3,(H2,21,22,23). The summed E-state index contributed by atoms with van der Waals surface area (Å²) in [7, 11) is 1.86. The zero-order chi connectivity index (χ0) is 16.8. The molecule has 2 aliphatic rings. The summed E-state index contributed by atoms with van der Waals surface area (Å²) in [6, 6.07) is 8.76. The lowest BCUT2D eigenvalue weighted by Crippen LogP contribution is -2.42. The molecule has 24 heavy (non-hydrogen) atoms. The highest BCUT2D eigenvalue weighted by Gasteiger charge is 2.25. The Hall–Kier alpha value is -1.55. The van der Waals surface area contributed by atoms with E-state index in [1.54, 1.807) is 0 Å². The minimum atomic E-state index is 0.634. The van der Waals surface area contributed by atoms with Crippen LogP contribution in [0.1, 0.15) is 43.2 Å². The first kappa shape index (κ1) is 17.3. The number of fused-ring (bicyclic) bond motifs is 1. The van der Waals surface area contributed by atoms with Gasteiger partial charge in [0.25, 0.3) is 0 Å². The van der Waals surface area contributed by atoms with E-state index in [9.17, 15) is 0 Å². The van der Waals surface area contributed by atoms with Crippen molar-refractivity contribution >= 4 is 5.96 Å². The summed E-state index contributed by atoms with van der Waals surface area (Å²) in [6.45, 7) is 8.08. The zero-order valence-corrected chi connectivity index (χ0v) is 15.2. The van der Waals surface area contributed by atoms with E-state index in [4.69, 9.17) is 0 Å². The van der Waals surface area contributed by atoms with E-state index in [2.05, 4.69) is 51.7 Å². The van der Waals surface area contributed by atoms with Crippen LogP contribution in [0.4, 0.5) is 0 Å². The molecule has 1 saturated heterocycles. The number of guanidine groups is 1. The van der Waals surface area contributed by atoms with Gasteiger partial charge in [0.2, 0.25) is 0 Å². The third-order valence-electron chi connectivity index (χ3n) is 5.52. The Kier molecular flexibility index (Phi) is 6.13. The molecule has 1 unspecified atom stereocenters. The van der Waals surface area contributed by atoms with Crippen molar-refractivity contribution in [2.75, 3.05) is 39.8 Å². The molecular weight excluding hydrogens is 296 g/mol. The molecule has 1 aliphatic heterocycles. The lowest BCUT2D eigenvalue weighted by Gasteiger charge is -2.31. The second-order valence-electron chi connectivity index (χ2n) is 7.36. The second kappa shape index (κ2) is 8.52. The lowest BCUT2D eigenvalue weighted by atomic mass is 9.78. The van der Waals surface area contributed by atoms with Crippen molar-refractivity contribution in [2.24, 2.45) is 10.9 Å². The van der Waals surface area contributed by atoms with Gasteiger partial charge < -0.3 is 15.5 Å². The first-order valence-corrected chi connectivity index (χ1v) is 9.51. The summed E-state index contributed by atoms with van der Waals surface area (Å²) in [5.41, 5.74) is 3.00. The van der Waals surface area contributed by atoms with Crippen LogP contribution in [0.25, 0.3) is 0 Å². The van der Waals surface area contributed by atoms with Crippen LogP contribution in [0.5, 0.6) is 0 Å². The molecule has 0 radical (unpaired) electrons. The summed E-state index contributed by atoms with van der Waals surface area (Å²) < 4.78 is 0. The second-order valence-corrected chi connectivity index (χ2v) is 7.36. The minimum Gasteiger partial charge on any atom is -0.356 e. The fourth-order valence-corrected chi connectivity index (χ4v) is 3.78. The molecule has 3 rings (SSSR count). The first-order chi connectivity index (χ1) is 11.8. The highest BCUT2D eigenvalue weighted by molar-refractivity contribution is 5.79. The number of aliphatic imine (C=N–C) groups is 1. The van der Waals surface area contributed by atoms with Crippen molar-refractivity contribution in [3.63, 3.8) is 0 Å². The number of rotatable bonds is 6. The van der Waals surface area contributed by atoms with Crippen molar-refractivity contribution in [1.29, 1.82) is 0 Å². The van der Waals surface area contributed by atoms with Crippen LogP contribution >= 0.6 is 0 Å². The quantitative estimate of drug-likeness (QED) is 0.479. The van der Waals surface area contributed by atoms with Gasteiger partial charge in [-0.3, -0.25) is 4.99 Å². The van der Waals surface area contributed by atoms with E-state index < -0.39 is 0 Å². The normalized spacial score (nSPS) is 21.9. The monoisotopic (exact) mass is 328 g/mol. The van der Waals surface area contributed by atoms with E-state index in [-0.39, 0.29) is 0 Å². The van der Waals surface area contributed by atoms with E-state index in [1.807, 2.05) is 7.05 Å². The summed E-state index contributed by atoms with van der Waals surface area (Å²) in [5, 5.41) is 6.94. The molecule has 0 spiro atoms. The number of hydrogen-bond acceptors (Lipinski definition) is 2. The van der Waals surface area contributed by atoms with Gasteiger partial charge in [-0.15, -0.1) is 0 Å². The molecule has 1 aromatic carbocycles. The van der Waals surface area contributed by atoms with Crippen LogP contribution < -0.4 is 10.6 Å². The molecule has 0 saturated carbocycles. The summed E-state index contributed by atoms with van der Waals surface area (Å²) in [4.78, 5) is 6.95.